The molecule has 4 rings (SSSR count). The molecule has 164 valence electrons. The van der Waals surface area contributed by atoms with Crippen molar-refractivity contribution >= 4 is 29.1 Å². The summed E-state index contributed by atoms with van der Waals surface area (Å²) in [4.78, 5) is 28.1. The number of nitrogens with zero attached hydrogens (tertiary/aromatic N) is 4. The van der Waals surface area contributed by atoms with E-state index in [1.165, 1.54) is 6.92 Å². The quantitative estimate of drug-likeness (QED) is 0.441. The van der Waals surface area contributed by atoms with Gasteiger partial charge < -0.3 is 10.6 Å². The van der Waals surface area contributed by atoms with Crippen molar-refractivity contribution in [2.75, 3.05) is 13.1 Å². The van der Waals surface area contributed by atoms with Crippen molar-refractivity contribution in [1.82, 2.24) is 29.8 Å². The van der Waals surface area contributed by atoms with Crippen LogP contribution in [0, 0.1) is 6.92 Å². The Bertz CT molecular complexity index is 1320. The Morgan fingerprint density at radius 1 is 1.06 bits per heavy atom. The molecule has 32 heavy (non-hydrogen) atoms. The molecule has 0 saturated carbocycles. The predicted octanol–water partition coefficient (Wildman–Crippen LogP) is 3.23. The number of amides is 2. The number of imidazole rings is 1. The molecule has 2 amide bonds. The fourth-order valence-corrected chi connectivity index (χ4v) is 3.92. The Kier molecular flexibility index (Phi) is 5.96. The van der Waals surface area contributed by atoms with E-state index in [9.17, 15) is 9.59 Å². The number of halogens is 1. The number of pyridine rings is 1. The molecule has 3 heterocycles. The molecule has 0 aliphatic rings. The van der Waals surface area contributed by atoms with Crippen molar-refractivity contribution in [1.29, 1.82) is 0 Å². The monoisotopic (exact) mass is 450 g/mol. The van der Waals surface area contributed by atoms with E-state index in [2.05, 4.69) is 15.7 Å². The predicted molar refractivity (Wildman–Crippen MR) is 124 cm³/mol. The number of fused-ring (bicyclic) bond motifs is 1. The van der Waals surface area contributed by atoms with Crippen LogP contribution in [0.25, 0.3) is 28.0 Å². The third kappa shape index (κ3) is 4.22. The number of aromatic nitrogens is 4. The van der Waals surface area contributed by atoms with E-state index in [1.54, 1.807) is 27.4 Å². The number of benzene rings is 1. The van der Waals surface area contributed by atoms with Crippen LogP contribution in [0.3, 0.4) is 0 Å². The van der Waals surface area contributed by atoms with Gasteiger partial charge in [-0.15, -0.1) is 0 Å². The van der Waals surface area contributed by atoms with E-state index in [-0.39, 0.29) is 11.8 Å². The largest absolute Gasteiger partial charge is 0.355 e. The van der Waals surface area contributed by atoms with Gasteiger partial charge in [-0.2, -0.15) is 5.10 Å². The molecule has 0 saturated heterocycles. The summed E-state index contributed by atoms with van der Waals surface area (Å²) in [6.45, 7) is 4.10. The summed E-state index contributed by atoms with van der Waals surface area (Å²) in [7, 11) is 1.89. The van der Waals surface area contributed by atoms with Gasteiger partial charge in [-0.3, -0.25) is 18.7 Å². The van der Waals surface area contributed by atoms with Gasteiger partial charge >= 0.3 is 0 Å². The standard InChI is InChI=1S/C23H23ClN6O2/c1-14-19(13-29(3)28-14)17-6-4-5-7-18(17)21-22(24)30-11-8-16(12-20(30)27-21)23(32)26-10-9-25-15(2)31/h4-8,11-13H,9-10H2,1-3H3,(H,25,31)(H,26,32). The summed E-state index contributed by atoms with van der Waals surface area (Å²) in [5.41, 5.74) is 5.46. The highest BCUT2D eigenvalue weighted by Crippen LogP contribution is 2.36. The smallest absolute Gasteiger partial charge is 0.251 e. The number of hydrogen-bond acceptors (Lipinski definition) is 4. The van der Waals surface area contributed by atoms with Crippen molar-refractivity contribution in [3.05, 3.63) is 65.2 Å². The van der Waals surface area contributed by atoms with Gasteiger partial charge in [0.05, 0.1) is 5.69 Å². The second-order valence-corrected chi connectivity index (χ2v) is 7.84. The molecule has 0 fully saturated rings. The Labute approximate surface area is 190 Å². The Hall–Kier alpha value is -3.65. The summed E-state index contributed by atoms with van der Waals surface area (Å²) in [5, 5.41) is 10.3. The van der Waals surface area contributed by atoms with E-state index in [0.717, 1.165) is 22.4 Å². The second kappa shape index (κ2) is 8.84. The molecule has 0 atom stereocenters. The topological polar surface area (TPSA) is 93.3 Å². The summed E-state index contributed by atoms with van der Waals surface area (Å²) < 4.78 is 3.53. The molecule has 0 spiro atoms. The maximum absolute atomic E-state index is 12.5. The molecule has 0 aliphatic carbocycles. The molecule has 4 aromatic rings. The fraction of sp³-hybridized carbons (Fsp3) is 0.217. The van der Waals surface area contributed by atoms with E-state index in [0.29, 0.717) is 35.1 Å². The van der Waals surface area contributed by atoms with Crippen LogP contribution in [0.4, 0.5) is 0 Å². The minimum absolute atomic E-state index is 0.137. The van der Waals surface area contributed by atoms with E-state index in [1.807, 2.05) is 44.4 Å². The first kappa shape index (κ1) is 21.6. The lowest BCUT2D eigenvalue weighted by Gasteiger charge is -2.07. The molecule has 0 aliphatic heterocycles. The van der Waals surface area contributed by atoms with Crippen molar-refractivity contribution in [3.8, 4) is 22.4 Å². The molecule has 8 nitrogen and oxygen atoms in total. The van der Waals surface area contributed by atoms with Crippen LogP contribution in [-0.4, -0.2) is 44.1 Å². The Morgan fingerprint density at radius 3 is 2.47 bits per heavy atom. The molecular weight excluding hydrogens is 428 g/mol. The van der Waals surface area contributed by atoms with Gasteiger partial charge in [-0.1, -0.05) is 35.9 Å². The lowest BCUT2D eigenvalue weighted by atomic mass is 9.99. The number of carbonyl (C=O) groups excluding carboxylic acids is 2. The summed E-state index contributed by atoms with van der Waals surface area (Å²) >= 11 is 6.70. The van der Waals surface area contributed by atoms with Gasteiger partial charge in [0, 0.05) is 56.1 Å². The molecule has 0 bridgehead atoms. The number of nitrogens with one attached hydrogen (secondary N) is 2. The van der Waals surface area contributed by atoms with Crippen molar-refractivity contribution in [2.24, 2.45) is 7.05 Å². The van der Waals surface area contributed by atoms with Crippen LogP contribution < -0.4 is 10.6 Å². The SMILES string of the molecule is CC(=O)NCCNC(=O)c1ccn2c(Cl)c(-c3ccccc3-c3cn(C)nc3C)nc2c1. The molecule has 1 aromatic carbocycles. The molecule has 2 N–H and O–H groups in total. The van der Waals surface area contributed by atoms with Gasteiger partial charge in [-0.05, 0) is 24.6 Å². The summed E-state index contributed by atoms with van der Waals surface area (Å²) in [6, 6.07) is 11.3. The molecule has 0 unspecified atom stereocenters. The van der Waals surface area contributed by atoms with Crippen LogP contribution in [0.5, 0.6) is 0 Å². The van der Waals surface area contributed by atoms with Crippen molar-refractivity contribution < 1.29 is 9.59 Å². The van der Waals surface area contributed by atoms with E-state index >= 15 is 0 Å². The number of aryl methyl sites for hydroxylation is 2. The van der Waals surface area contributed by atoms with E-state index in [4.69, 9.17) is 16.6 Å². The average Bonchev–Trinajstić information content (AvgIpc) is 3.28. The lowest BCUT2D eigenvalue weighted by molar-refractivity contribution is -0.118. The Morgan fingerprint density at radius 2 is 1.78 bits per heavy atom. The molecule has 0 radical (unpaired) electrons. The minimum Gasteiger partial charge on any atom is -0.355 e. The van der Waals surface area contributed by atoms with Gasteiger partial charge in [-0.25, -0.2) is 4.98 Å². The van der Waals surface area contributed by atoms with Crippen molar-refractivity contribution in [3.63, 3.8) is 0 Å². The highest BCUT2D eigenvalue weighted by molar-refractivity contribution is 6.32. The normalized spacial score (nSPS) is 11.0. The molecule has 9 heteroatoms. The zero-order chi connectivity index (χ0) is 22.8. The molecule has 3 aromatic heterocycles. The lowest BCUT2D eigenvalue weighted by Crippen LogP contribution is -2.33. The second-order valence-electron chi connectivity index (χ2n) is 7.48. The van der Waals surface area contributed by atoms with Crippen LogP contribution in [0.2, 0.25) is 5.15 Å². The van der Waals surface area contributed by atoms with Crippen LogP contribution >= 0.6 is 11.6 Å². The third-order valence-corrected chi connectivity index (χ3v) is 5.46. The summed E-state index contributed by atoms with van der Waals surface area (Å²) in [5.74, 6) is -0.383. The van der Waals surface area contributed by atoms with Gasteiger partial charge in [0.25, 0.3) is 5.91 Å². The van der Waals surface area contributed by atoms with Crippen LogP contribution in [-0.2, 0) is 11.8 Å². The first-order valence-corrected chi connectivity index (χ1v) is 10.5. The third-order valence-electron chi connectivity index (χ3n) is 5.10. The van der Waals surface area contributed by atoms with Gasteiger partial charge in [0.2, 0.25) is 5.91 Å². The maximum atomic E-state index is 12.5. The number of hydrogen-bond donors (Lipinski definition) is 2. The number of carbonyl (C=O) groups is 2. The summed E-state index contributed by atoms with van der Waals surface area (Å²) in [6.07, 6.45) is 3.70. The highest BCUT2D eigenvalue weighted by atomic mass is 35.5. The zero-order valence-electron chi connectivity index (χ0n) is 18.0. The van der Waals surface area contributed by atoms with Crippen LogP contribution in [0.1, 0.15) is 23.0 Å². The Balaban J connectivity index is 1.67. The highest BCUT2D eigenvalue weighted by Gasteiger charge is 2.19. The van der Waals surface area contributed by atoms with E-state index < -0.39 is 0 Å². The fourth-order valence-electron chi connectivity index (χ4n) is 3.63. The van der Waals surface area contributed by atoms with Crippen LogP contribution in [0.15, 0.2) is 48.8 Å². The minimum atomic E-state index is -0.245. The van der Waals surface area contributed by atoms with Crippen molar-refractivity contribution in [2.45, 2.75) is 13.8 Å². The zero-order valence-corrected chi connectivity index (χ0v) is 18.8. The van der Waals surface area contributed by atoms with Gasteiger partial charge in [0.15, 0.2) is 0 Å². The first-order chi connectivity index (χ1) is 15.3. The number of rotatable bonds is 6. The van der Waals surface area contributed by atoms with Gasteiger partial charge in [0.1, 0.15) is 16.5 Å². The first-order valence-electron chi connectivity index (χ1n) is 10.2. The maximum Gasteiger partial charge on any atom is 0.251 e. The average molecular weight is 451 g/mol. The molecular formula is C23H23ClN6O2.